The number of likely N-dealkylation sites (N-methyl/N-ethyl adjacent to an activating group) is 1. The van der Waals surface area contributed by atoms with Crippen LogP contribution in [0.2, 0.25) is 5.02 Å². The Kier molecular flexibility index (Phi) is 3.47. The van der Waals surface area contributed by atoms with Gasteiger partial charge in [0.05, 0.1) is 22.7 Å². The van der Waals surface area contributed by atoms with E-state index in [1.165, 1.54) is 0 Å². The minimum absolute atomic E-state index is 0.0430. The van der Waals surface area contributed by atoms with Gasteiger partial charge in [-0.2, -0.15) is 0 Å². The number of hydrogen-bond donors (Lipinski definition) is 2. The van der Waals surface area contributed by atoms with Crippen molar-refractivity contribution in [3.8, 4) is 5.69 Å². The standard InChI is InChI=1S/C15H17ClN4O/c1-4-17-14-10-5-11(16)13(6-12(10)19-15(14)21)20-7-18-8(2)9(20)3/h5-7,14,17H,4H2,1-3H3,(H,19,21). The van der Waals surface area contributed by atoms with E-state index in [9.17, 15) is 4.79 Å². The third kappa shape index (κ3) is 2.22. The van der Waals surface area contributed by atoms with Crippen molar-refractivity contribution < 1.29 is 4.79 Å². The van der Waals surface area contributed by atoms with Gasteiger partial charge in [0.2, 0.25) is 5.91 Å². The Morgan fingerprint density at radius 2 is 2.19 bits per heavy atom. The van der Waals surface area contributed by atoms with Crippen molar-refractivity contribution in [1.82, 2.24) is 14.9 Å². The van der Waals surface area contributed by atoms with Gasteiger partial charge in [-0.3, -0.25) is 4.79 Å². The molecule has 3 rings (SSSR count). The summed E-state index contributed by atoms with van der Waals surface area (Å²) in [5.74, 6) is -0.0430. The fraction of sp³-hybridized carbons (Fsp3) is 0.333. The van der Waals surface area contributed by atoms with Gasteiger partial charge in [-0.1, -0.05) is 18.5 Å². The summed E-state index contributed by atoms with van der Waals surface area (Å²) in [4.78, 5) is 16.3. The molecule has 1 aliphatic rings. The number of carbonyl (C=O) groups excluding carboxylic acids is 1. The Hall–Kier alpha value is -1.85. The van der Waals surface area contributed by atoms with E-state index < -0.39 is 0 Å². The zero-order valence-corrected chi connectivity index (χ0v) is 13.0. The van der Waals surface area contributed by atoms with Gasteiger partial charge in [-0.05, 0) is 32.5 Å². The number of hydrogen-bond acceptors (Lipinski definition) is 3. The fourth-order valence-corrected chi connectivity index (χ4v) is 2.87. The number of carbonyl (C=O) groups is 1. The van der Waals surface area contributed by atoms with Gasteiger partial charge in [-0.25, -0.2) is 4.98 Å². The molecule has 5 nitrogen and oxygen atoms in total. The first-order valence-electron chi connectivity index (χ1n) is 6.91. The van der Waals surface area contributed by atoms with E-state index in [-0.39, 0.29) is 11.9 Å². The predicted octanol–water partition coefficient (Wildman–Crippen LogP) is 2.75. The fourth-order valence-electron chi connectivity index (χ4n) is 2.60. The van der Waals surface area contributed by atoms with Crippen LogP contribution in [0.5, 0.6) is 0 Å². The molecule has 1 unspecified atom stereocenters. The first-order valence-corrected chi connectivity index (χ1v) is 7.29. The Labute approximate surface area is 128 Å². The number of aromatic nitrogens is 2. The van der Waals surface area contributed by atoms with Crippen LogP contribution in [0.3, 0.4) is 0 Å². The van der Waals surface area contributed by atoms with Crippen LogP contribution in [-0.2, 0) is 4.79 Å². The maximum Gasteiger partial charge on any atom is 0.246 e. The summed E-state index contributed by atoms with van der Waals surface area (Å²) in [5, 5.41) is 6.67. The smallest absolute Gasteiger partial charge is 0.246 e. The second kappa shape index (κ2) is 5.16. The van der Waals surface area contributed by atoms with Crippen LogP contribution in [0.1, 0.15) is 29.9 Å². The van der Waals surface area contributed by atoms with Crippen molar-refractivity contribution in [2.24, 2.45) is 0 Å². The minimum atomic E-state index is -0.331. The molecular formula is C15H17ClN4O. The molecule has 1 aliphatic heterocycles. The lowest BCUT2D eigenvalue weighted by atomic mass is 10.1. The Morgan fingerprint density at radius 3 is 2.81 bits per heavy atom. The van der Waals surface area contributed by atoms with Crippen LogP contribution in [-0.4, -0.2) is 22.0 Å². The normalized spacial score (nSPS) is 17.0. The molecule has 2 aromatic rings. The number of nitrogens with zero attached hydrogens (tertiary/aromatic N) is 2. The Balaban J connectivity index is 2.10. The quantitative estimate of drug-likeness (QED) is 0.916. The Morgan fingerprint density at radius 1 is 1.43 bits per heavy atom. The summed E-state index contributed by atoms with van der Waals surface area (Å²) >= 11 is 6.42. The van der Waals surface area contributed by atoms with Crippen LogP contribution in [0.25, 0.3) is 5.69 Å². The molecule has 0 spiro atoms. The van der Waals surface area contributed by atoms with E-state index >= 15 is 0 Å². The van der Waals surface area contributed by atoms with Crippen molar-refractivity contribution in [2.75, 3.05) is 11.9 Å². The van der Waals surface area contributed by atoms with E-state index in [0.29, 0.717) is 5.02 Å². The van der Waals surface area contributed by atoms with Gasteiger partial charge in [0.1, 0.15) is 6.04 Å². The van der Waals surface area contributed by atoms with E-state index in [0.717, 1.165) is 34.9 Å². The zero-order valence-electron chi connectivity index (χ0n) is 12.2. The van der Waals surface area contributed by atoms with Gasteiger partial charge in [0, 0.05) is 16.9 Å². The number of rotatable bonds is 3. The predicted molar refractivity (Wildman–Crippen MR) is 83.1 cm³/mol. The molecule has 21 heavy (non-hydrogen) atoms. The SMILES string of the molecule is CCNC1C(=O)Nc2cc(-n3cnc(C)c3C)c(Cl)cc21. The molecular weight excluding hydrogens is 288 g/mol. The van der Waals surface area contributed by atoms with Crippen molar-refractivity contribution in [3.63, 3.8) is 0 Å². The number of benzene rings is 1. The first-order chi connectivity index (χ1) is 10.0. The number of imidazole rings is 1. The summed E-state index contributed by atoms with van der Waals surface area (Å²) in [6, 6.07) is 3.43. The molecule has 0 saturated heterocycles. The summed E-state index contributed by atoms with van der Waals surface area (Å²) in [7, 11) is 0. The van der Waals surface area contributed by atoms with Gasteiger partial charge in [-0.15, -0.1) is 0 Å². The highest BCUT2D eigenvalue weighted by Crippen LogP contribution is 2.37. The highest BCUT2D eigenvalue weighted by atomic mass is 35.5. The second-order valence-electron chi connectivity index (χ2n) is 5.16. The molecule has 1 amide bonds. The van der Waals surface area contributed by atoms with E-state index in [2.05, 4.69) is 15.6 Å². The summed E-state index contributed by atoms with van der Waals surface area (Å²) < 4.78 is 1.94. The topological polar surface area (TPSA) is 59.0 Å². The van der Waals surface area contributed by atoms with Gasteiger partial charge in [0.25, 0.3) is 0 Å². The highest BCUT2D eigenvalue weighted by Gasteiger charge is 2.31. The molecule has 0 fully saturated rings. The minimum Gasteiger partial charge on any atom is -0.324 e. The highest BCUT2D eigenvalue weighted by molar-refractivity contribution is 6.32. The number of aryl methyl sites for hydroxylation is 1. The third-order valence-corrected chi connectivity index (χ3v) is 4.17. The monoisotopic (exact) mass is 304 g/mol. The maximum absolute atomic E-state index is 12.0. The lowest BCUT2D eigenvalue weighted by Crippen LogP contribution is -2.27. The van der Waals surface area contributed by atoms with Crippen molar-refractivity contribution in [2.45, 2.75) is 26.8 Å². The summed E-state index contributed by atoms with van der Waals surface area (Å²) in [6.07, 6.45) is 1.75. The second-order valence-corrected chi connectivity index (χ2v) is 5.56. The maximum atomic E-state index is 12.0. The number of amides is 1. The molecule has 110 valence electrons. The molecule has 1 aromatic carbocycles. The van der Waals surface area contributed by atoms with Crippen LogP contribution in [0, 0.1) is 13.8 Å². The molecule has 2 heterocycles. The van der Waals surface area contributed by atoms with Crippen LogP contribution in [0.4, 0.5) is 5.69 Å². The van der Waals surface area contributed by atoms with Crippen LogP contribution >= 0.6 is 11.6 Å². The molecule has 0 bridgehead atoms. The largest absolute Gasteiger partial charge is 0.324 e. The summed E-state index contributed by atoms with van der Waals surface area (Å²) in [5.41, 5.74) is 4.51. The average Bonchev–Trinajstić information content (AvgIpc) is 2.92. The van der Waals surface area contributed by atoms with Gasteiger partial charge < -0.3 is 15.2 Å². The lowest BCUT2D eigenvalue weighted by molar-refractivity contribution is -0.117. The van der Waals surface area contributed by atoms with Crippen molar-refractivity contribution >= 4 is 23.2 Å². The molecule has 0 aliphatic carbocycles. The number of halogens is 1. The van der Waals surface area contributed by atoms with Gasteiger partial charge in [0.15, 0.2) is 0 Å². The Bertz CT molecular complexity index is 723. The molecule has 2 N–H and O–H groups in total. The lowest BCUT2D eigenvalue weighted by Gasteiger charge is -2.13. The van der Waals surface area contributed by atoms with Crippen LogP contribution < -0.4 is 10.6 Å². The average molecular weight is 305 g/mol. The van der Waals surface area contributed by atoms with Crippen molar-refractivity contribution in [1.29, 1.82) is 0 Å². The third-order valence-electron chi connectivity index (χ3n) is 3.87. The van der Waals surface area contributed by atoms with Crippen molar-refractivity contribution in [3.05, 3.63) is 40.4 Å². The molecule has 0 radical (unpaired) electrons. The van der Waals surface area contributed by atoms with E-state index in [4.69, 9.17) is 11.6 Å². The molecule has 1 atom stereocenters. The molecule has 0 saturated carbocycles. The molecule has 1 aromatic heterocycles. The van der Waals surface area contributed by atoms with Gasteiger partial charge >= 0.3 is 0 Å². The zero-order chi connectivity index (χ0) is 15.1. The molecule has 6 heteroatoms. The number of nitrogens with one attached hydrogen (secondary N) is 2. The van der Waals surface area contributed by atoms with E-state index in [1.807, 2.05) is 37.5 Å². The number of fused-ring (bicyclic) bond motifs is 1. The van der Waals surface area contributed by atoms with E-state index in [1.54, 1.807) is 6.33 Å². The van der Waals surface area contributed by atoms with Crippen LogP contribution in [0.15, 0.2) is 18.5 Å². The first kappa shape index (κ1) is 14.1. The number of anilines is 1. The summed E-state index contributed by atoms with van der Waals surface area (Å²) in [6.45, 7) is 6.64.